The SMILES string of the molecule is CCNCc1cccc(COC2CC(C)CC(C)C2)n1. The summed E-state index contributed by atoms with van der Waals surface area (Å²) < 4.78 is 6.09. The summed E-state index contributed by atoms with van der Waals surface area (Å²) in [7, 11) is 0. The second-order valence-corrected chi connectivity index (χ2v) is 6.25. The van der Waals surface area contributed by atoms with E-state index in [1.807, 2.05) is 0 Å². The van der Waals surface area contributed by atoms with E-state index in [0.717, 1.165) is 36.3 Å². The zero-order valence-corrected chi connectivity index (χ0v) is 13.1. The lowest BCUT2D eigenvalue weighted by Gasteiger charge is -2.31. The first kappa shape index (κ1) is 15.5. The Balaban J connectivity index is 1.84. The first-order valence-corrected chi connectivity index (χ1v) is 7.94. The first-order chi connectivity index (χ1) is 9.67. The Morgan fingerprint density at radius 1 is 1.15 bits per heavy atom. The summed E-state index contributed by atoms with van der Waals surface area (Å²) >= 11 is 0. The Morgan fingerprint density at radius 2 is 1.85 bits per heavy atom. The minimum Gasteiger partial charge on any atom is -0.372 e. The van der Waals surface area contributed by atoms with Gasteiger partial charge >= 0.3 is 0 Å². The molecular formula is C17H28N2O. The van der Waals surface area contributed by atoms with Gasteiger partial charge in [-0.15, -0.1) is 0 Å². The lowest BCUT2D eigenvalue weighted by Crippen LogP contribution is -2.26. The van der Waals surface area contributed by atoms with E-state index in [1.54, 1.807) is 0 Å². The van der Waals surface area contributed by atoms with E-state index in [4.69, 9.17) is 4.74 Å². The lowest BCUT2D eigenvalue weighted by atomic mass is 9.82. The third-order valence-corrected chi connectivity index (χ3v) is 4.02. The molecule has 20 heavy (non-hydrogen) atoms. The molecule has 0 aliphatic heterocycles. The van der Waals surface area contributed by atoms with Crippen LogP contribution in [0, 0.1) is 11.8 Å². The summed E-state index contributed by atoms with van der Waals surface area (Å²) in [4.78, 5) is 4.65. The fourth-order valence-electron chi connectivity index (χ4n) is 3.17. The number of ether oxygens (including phenoxy) is 1. The third kappa shape index (κ3) is 4.88. The number of pyridine rings is 1. The number of aromatic nitrogens is 1. The number of nitrogens with zero attached hydrogens (tertiary/aromatic N) is 1. The van der Waals surface area contributed by atoms with Crippen LogP contribution in [-0.4, -0.2) is 17.6 Å². The topological polar surface area (TPSA) is 34.1 Å². The minimum absolute atomic E-state index is 0.410. The third-order valence-electron chi connectivity index (χ3n) is 4.02. The predicted octanol–water partition coefficient (Wildman–Crippen LogP) is 3.53. The van der Waals surface area contributed by atoms with E-state index < -0.39 is 0 Å². The molecule has 3 heteroatoms. The maximum absolute atomic E-state index is 6.09. The van der Waals surface area contributed by atoms with Gasteiger partial charge in [-0.3, -0.25) is 4.98 Å². The largest absolute Gasteiger partial charge is 0.372 e. The molecule has 1 aromatic heterocycles. The second kappa shape index (κ2) is 7.75. The molecule has 1 heterocycles. The number of hydrogen-bond donors (Lipinski definition) is 1. The highest BCUT2D eigenvalue weighted by molar-refractivity contribution is 5.10. The van der Waals surface area contributed by atoms with Gasteiger partial charge in [0.05, 0.1) is 24.1 Å². The van der Waals surface area contributed by atoms with Crippen LogP contribution in [0.2, 0.25) is 0 Å². The molecule has 2 rings (SSSR count). The van der Waals surface area contributed by atoms with Crippen molar-refractivity contribution in [2.75, 3.05) is 6.54 Å². The average molecular weight is 276 g/mol. The Kier molecular flexibility index (Phi) is 5.99. The van der Waals surface area contributed by atoms with Crippen molar-refractivity contribution in [2.45, 2.75) is 59.3 Å². The van der Waals surface area contributed by atoms with Crippen LogP contribution in [0.3, 0.4) is 0 Å². The maximum Gasteiger partial charge on any atom is 0.0891 e. The van der Waals surface area contributed by atoms with Crippen molar-refractivity contribution in [2.24, 2.45) is 11.8 Å². The van der Waals surface area contributed by atoms with Crippen molar-refractivity contribution >= 4 is 0 Å². The predicted molar refractivity (Wildman–Crippen MR) is 82.4 cm³/mol. The van der Waals surface area contributed by atoms with Gasteiger partial charge in [0.15, 0.2) is 0 Å². The highest BCUT2D eigenvalue weighted by atomic mass is 16.5. The number of nitrogens with one attached hydrogen (secondary N) is 1. The van der Waals surface area contributed by atoms with E-state index in [0.29, 0.717) is 12.7 Å². The Bertz CT molecular complexity index is 398. The highest BCUT2D eigenvalue weighted by Crippen LogP contribution is 2.30. The molecular weight excluding hydrogens is 248 g/mol. The molecule has 2 unspecified atom stereocenters. The summed E-state index contributed by atoms with van der Waals surface area (Å²) in [5.41, 5.74) is 2.14. The van der Waals surface area contributed by atoms with Crippen LogP contribution in [0.15, 0.2) is 18.2 Å². The molecule has 0 spiro atoms. The van der Waals surface area contributed by atoms with Gasteiger partial charge in [0.1, 0.15) is 0 Å². The van der Waals surface area contributed by atoms with E-state index >= 15 is 0 Å². The van der Waals surface area contributed by atoms with Crippen LogP contribution in [0.4, 0.5) is 0 Å². The summed E-state index contributed by atoms with van der Waals surface area (Å²) in [6.45, 7) is 9.23. The molecule has 2 atom stereocenters. The monoisotopic (exact) mass is 276 g/mol. The van der Waals surface area contributed by atoms with Crippen molar-refractivity contribution in [1.82, 2.24) is 10.3 Å². The molecule has 1 N–H and O–H groups in total. The van der Waals surface area contributed by atoms with Crippen LogP contribution < -0.4 is 5.32 Å². The van der Waals surface area contributed by atoms with Gasteiger partial charge in [-0.2, -0.15) is 0 Å². The van der Waals surface area contributed by atoms with Crippen LogP contribution in [0.1, 0.15) is 51.4 Å². The van der Waals surface area contributed by atoms with Crippen LogP contribution in [0.25, 0.3) is 0 Å². The molecule has 1 aliphatic rings. The molecule has 0 saturated heterocycles. The van der Waals surface area contributed by atoms with Gasteiger partial charge in [0, 0.05) is 6.54 Å². The maximum atomic E-state index is 6.09. The van der Waals surface area contributed by atoms with Crippen LogP contribution in [0.5, 0.6) is 0 Å². The zero-order valence-electron chi connectivity index (χ0n) is 13.1. The van der Waals surface area contributed by atoms with Gasteiger partial charge in [-0.05, 0) is 49.8 Å². The van der Waals surface area contributed by atoms with Crippen molar-refractivity contribution in [3.8, 4) is 0 Å². The number of hydrogen-bond acceptors (Lipinski definition) is 3. The first-order valence-electron chi connectivity index (χ1n) is 7.94. The van der Waals surface area contributed by atoms with Gasteiger partial charge < -0.3 is 10.1 Å². The molecule has 1 fully saturated rings. The van der Waals surface area contributed by atoms with Gasteiger partial charge in [-0.25, -0.2) is 0 Å². The molecule has 1 aromatic rings. The normalized spacial score (nSPS) is 26.6. The van der Waals surface area contributed by atoms with Gasteiger partial charge in [-0.1, -0.05) is 26.8 Å². The fourth-order valence-corrected chi connectivity index (χ4v) is 3.17. The average Bonchev–Trinajstić information content (AvgIpc) is 2.42. The van der Waals surface area contributed by atoms with E-state index in [1.165, 1.54) is 19.3 Å². The van der Waals surface area contributed by atoms with Crippen LogP contribution in [-0.2, 0) is 17.9 Å². The molecule has 0 bridgehead atoms. The molecule has 0 radical (unpaired) electrons. The minimum atomic E-state index is 0.410. The van der Waals surface area contributed by atoms with Crippen molar-refractivity contribution in [3.63, 3.8) is 0 Å². The lowest BCUT2D eigenvalue weighted by molar-refractivity contribution is -0.0105. The van der Waals surface area contributed by atoms with Crippen molar-refractivity contribution in [3.05, 3.63) is 29.6 Å². The van der Waals surface area contributed by atoms with Crippen molar-refractivity contribution in [1.29, 1.82) is 0 Å². The van der Waals surface area contributed by atoms with Crippen LogP contribution >= 0.6 is 0 Å². The molecule has 0 aromatic carbocycles. The second-order valence-electron chi connectivity index (χ2n) is 6.25. The van der Waals surface area contributed by atoms with Gasteiger partial charge in [0.25, 0.3) is 0 Å². The molecule has 0 amide bonds. The summed E-state index contributed by atoms with van der Waals surface area (Å²) in [6.07, 6.45) is 4.15. The Labute approximate surface area is 123 Å². The highest BCUT2D eigenvalue weighted by Gasteiger charge is 2.24. The smallest absolute Gasteiger partial charge is 0.0891 e. The molecule has 112 valence electrons. The van der Waals surface area contributed by atoms with E-state index in [2.05, 4.69) is 49.3 Å². The van der Waals surface area contributed by atoms with Gasteiger partial charge in [0.2, 0.25) is 0 Å². The zero-order chi connectivity index (χ0) is 14.4. The summed E-state index contributed by atoms with van der Waals surface area (Å²) in [5.74, 6) is 1.58. The summed E-state index contributed by atoms with van der Waals surface area (Å²) in [5, 5.41) is 3.31. The molecule has 1 saturated carbocycles. The molecule has 3 nitrogen and oxygen atoms in total. The summed E-state index contributed by atoms with van der Waals surface area (Å²) in [6, 6.07) is 6.20. The Morgan fingerprint density at radius 3 is 2.55 bits per heavy atom. The van der Waals surface area contributed by atoms with E-state index in [-0.39, 0.29) is 0 Å². The van der Waals surface area contributed by atoms with Crippen molar-refractivity contribution < 1.29 is 4.74 Å². The Hall–Kier alpha value is -0.930. The number of rotatable bonds is 6. The quantitative estimate of drug-likeness (QED) is 0.863. The fraction of sp³-hybridized carbons (Fsp3) is 0.706. The standard InChI is InChI=1S/C17H28N2O/c1-4-18-11-15-6-5-7-16(19-15)12-20-17-9-13(2)8-14(3)10-17/h5-7,13-14,17-18H,4,8-12H2,1-3H3. The molecule has 1 aliphatic carbocycles. The van der Waals surface area contributed by atoms with E-state index in [9.17, 15) is 0 Å².